The minimum atomic E-state index is 0.862. The third-order valence-electron chi connectivity index (χ3n) is 2.12. The molecule has 0 fully saturated rings. The van der Waals surface area contributed by atoms with Crippen molar-refractivity contribution in [2.75, 3.05) is 0 Å². The van der Waals surface area contributed by atoms with Gasteiger partial charge in [-0.1, -0.05) is 38.8 Å². The zero-order valence-corrected chi connectivity index (χ0v) is 7.78. The lowest BCUT2D eigenvalue weighted by Crippen LogP contribution is -1.88. The Labute approximate surface area is 65.3 Å². The van der Waals surface area contributed by atoms with E-state index in [2.05, 4.69) is 33.8 Å². The average molecular weight is 140 g/mol. The van der Waals surface area contributed by atoms with E-state index in [0.717, 1.165) is 5.92 Å². The maximum atomic E-state index is 2.37. The summed E-state index contributed by atoms with van der Waals surface area (Å²) in [6, 6.07) is 0. The maximum Gasteiger partial charge on any atom is -0.0322 e. The maximum absolute atomic E-state index is 2.37. The quantitative estimate of drug-likeness (QED) is 0.521. The lowest BCUT2D eigenvalue weighted by Gasteiger charge is -2.03. The lowest BCUT2D eigenvalue weighted by atomic mass is 10.0. The SMILES string of the molecule is CC/C(C)=C\CC(C)CC. The van der Waals surface area contributed by atoms with Crippen LogP contribution in [0.1, 0.15) is 47.0 Å². The summed E-state index contributed by atoms with van der Waals surface area (Å²) in [4.78, 5) is 0. The highest BCUT2D eigenvalue weighted by Crippen LogP contribution is 2.10. The molecule has 0 N–H and O–H groups in total. The second kappa shape index (κ2) is 5.52. The molecule has 10 heavy (non-hydrogen) atoms. The molecule has 0 bridgehead atoms. The van der Waals surface area contributed by atoms with Gasteiger partial charge in [0.25, 0.3) is 0 Å². The van der Waals surface area contributed by atoms with Crippen molar-refractivity contribution >= 4 is 0 Å². The van der Waals surface area contributed by atoms with Gasteiger partial charge in [0.2, 0.25) is 0 Å². The fourth-order valence-corrected chi connectivity index (χ4v) is 0.713. The molecular weight excluding hydrogens is 120 g/mol. The predicted molar refractivity (Wildman–Crippen MR) is 48.1 cm³/mol. The molecule has 0 nitrogen and oxygen atoms in total. The van der Waals surface area contributed by atoms with Crippen molar-refractivity contribution in [1.82, 2.24) is 0 Å². The van der Waals surface area contributed by atoms with Crippen LogP contribution in [0.3, 0.4) is 0 Å². The summed E-state index contributed by atoms with van der Waals surface area (Å²) < 4.78 is 0. The van der Waals surface area contributed by atoms with Crippen LogP contribution < -0.4 is 0 Å². The Morgan fingerprint density at radius 3 is 2.40 bits per heavy atom. The molecule has 0 heteroatoms. The molecule has 0 spiro atoms. The van der Waals surface area contributed by atoms with Gasteiger partial charge < -0.3 is 0 Å². The van der Waals surface area contributed by atoms with Crippen LogP contribution in [0.4, 0.5) is 0 Å². The van der Waals surface area contributed by atoms with E-state index >= 15 is 0 Å². The van der Waals surface area contributed by atoms with E-state index in [9.17, 15) is 0 Å². The number of hydrogen-bond acceptors (Lipinski definition) is 0. The number of rotatable bonds is 4. The highest BCUT2D eigenvalue weighted by molar-refractivity contribution is 4.96. The minimum Gasteiger partial charge on any atom is -0.0854 e. The van der Waals surface area contributed by atoms with E-state index in [4.69, 9.17) is 0 Å². The van der Waals surface area contributed by atoms with Crippen LogP contribution in [0, 0.1) is 5.92 Å². The van der Waals surface area contributed by atoms with Crippen LogP contribution in [-0.4, -0.2) is 0 Å². The van der Waals surface area contributed by atoms with Crippen LogP contribution >= 0.6 is 0 Å². The van der Waals surface area contributed by atoms with E-state index in [1.807, 2.05) is 0 Å². The van der Waals surface area contributed by atoms with E-state index in [0.29, 0.717) is 0 Å². The summed E-state index contributed by atoms with van der Waals surface area (Å²) in [5.74, 6) is 0.862. The van der Waals surface area contributed by atoms with Crippen molar-refractivity contribution in [1.29, 1.82) is 0 Å². The molecule has 0 aromatic heterocycles. The Bertz CT molecular complexity index is 101. The van der Waals surface area contributed by atoms with Crippen molar-refractivity contribution in [3.05, 3.63) is 11.6 Å². The van der Waals surface area contributed by atoms with Gasteiger partial charge in [-0.15, -0.1) is 0 Å². The van der Waals surface area contributed by atoms with Gasteiger partial charge in [0.15, 0.2) is 0 Å². The van der Waals surface area contributed by atoms with Gasteiger partial charge in [0, 0.05) is 0 Å². The van der Waals surface area contributed by atoms with Gasteiger partial charge >= 0.3 is 0 Å². The molecule has 0 aromatic rings. The summed E-state index contributed by atoms with van der Waals surface area (Å²) in [5.41, 5.74) is 1.53. The highest BCUT2D eigenvalue weighted by atomic mass is 14.0. The molecule has 60 valence electrons. The molecular formula is C10H20. The molecule has 0 rings (SSSR count). The van der Waals surface area contributed by atoms with Crippen molar-refractivity contribution in [3.63, 3.8) is 0 Å². The molecule has 0 saturated heterocycles. The van der Waals surface area contributed by atoms with Crippen molar-refractivity contribution in [3.8, 4) is 0 Å². The molecule has 1 unspecified atom stereocenters. The van der Waals surface area contributed by atoms with Gasteiger partial charge in [0.1, 0.15) is 0 Å². The van der Waals surface area contributed by atoms with Gasteiger partial charge in [-0.05, 0) is 25.7 Å². The molecule has 0 aromatic carbocycles. The molecule has 0 aliphatic heterocycles. The first kappa shape index (κ1) is 9.74. The van der Waals surface area contributed by atoms with Crippen LogP contribution in [0.2, 0.25) is 0 Å². The predicted octanol–water partition coefficient (Wildman–Crippen LogP) is 3.78. The van der Waals surface area contributed by atoms with Crippen LogP contribution in [0.25, 0.3) is 0 Å². The Kier molecular flexibility index (Phi) is 5.38. The minimum absolute atomic E-state index is 0.862. The third-order valence-corrected chi connectivity index (χ3v) is 2.12. The van der Waals surface area contributed by atoms with Crippen molar-refractivity contribution in [2.24, 2.45) is 5.92 Å². The zero-order valence-electron chi connectivity index (χ0n) is 7.78. The Morgan fingerprint density at radius 2 is 2.00 bits per heavy atom. The summed E-state index contributed by atoms with van der Waals surface area (Å²) >= 11 is 0. The van der Waals surface area contributed by atoms with Gasteiger partial charge in [0.05, 0.1) is 0 Å². The Morgan fingerprint density at radius 1 is 1.40 bits per heavy atom. The van der Waals surface area contributed by atoms with Gasteiger partial charge in [-0.25, -0.2) is 0 Å². The normalized spacial score (nSPS) is 15.4. The largest absolute Gasteiger partial charge is 0.0854 e. The molecule has 1 atom stereocenters. The topological polar surface area (TPSA) is 0 Å². The molecule has 0 radical (unpaired) electrons. The fourth-order valence-electron chi connectivity index (χ4n) is 0.713. The van der Waals surface area contributed by atoms with E-state index < -0.39 is 0 Å². The second-order valence-corrected chi connectivity index (χ2v) is 3.15. The molecule has 0 aliphatic carbocycles. The van der Waals surface area contributed by atoms with Crippen molar-refractivity contribution in [2.45, 2.75) is 47.0 Å². The van der Waals surface area contributed by atoms with E-state index in [1.165, 1.54) is 24.8 Å². The number of hydrogen-bond donors (Lipinski definition) is 0. The zero-order chi connectivity index (χ0) is 7.98. The lowest BCUT2D eigenvalue weighted by molar-refractivity contribution is 0.570. The van der Waals surface area contributed by atoms with Crippen LogP contribution in [0.5, 0.6) is 0 Å². The van der Waals surface area contributed by atoms with Crippen LogP contribution in [-0.2, 0) is 0 Å². The Balaban J connectivity index is 3.50. The summed E-state index contributed by atoms with van der Waals surface area (Å²) in [6.45, 7) is 8.98. The highest BCUT2D eigenvalue weighted by Gasteiger charge is 1.94. The number of allylic oxidation sites excluding steroid dienone is 2. The first-order valence-electron chi connectivity index (χ1n) is 4.36. The second-order valence-electron chi connectivity index (χ2n) is 3.15. The van der Waals surface area contributed by atoms with E-state index in [1.54, 1.807) is 0 Å². The molecule has 0 saturated carbocycles. The smallest absolute Gasteiger partial charge is 0.0322 e. The summed E-state index contributed by atoms with van der Waals surface area (Å²) in [5, 5.41) is 0. The first-order chi connectivity index (χ1) is 4.70. The molecule has 0 aliphatic rings. The van der Waals surface area contributed by atoms with Crippen molar-refractivity contribution < 1.29 is 0 Å². The first-order valence-corrected chi connectivity index (χ1v) is 4.36. The molecule has 0 heterocycles. The van der Waals surface area contributed by atoms with E-state index in [-0.39, 0.29) is 0 Å². The standard InChI is InChI=1S/C10H20/c1-5-9(3)7-8-10(4)6-2/h7,10H,5-6,8H2,1-4H3/b9-7-. The van der Waals surface area contributed by atoms with Crippen LogP contribution in [0.15, 0.2) is 11.6 Å². The molecule has 0 amide bonds. The average Bonchev–Trinajstić information content (AvgIpc) is 1.99. The van der Waals surface area contributed by atoms with Gasteiger partial charge in [-0.2, -0.15) is 0 Å². The summed E-state index contributed by atoms with van der Waals surface area (Å²) in [6.07, 6.45) is 6.13. The Hall–Kier alpha value is -0.260. The summed E-state index contributed by atoms with van der Waals surface area (Å²) in [7, 11) is 0. The fraction of sp³-hybridized carbons (Fsp3) is 0.800. The van der Waals surface area contributed by atoms with Gasteiger partial charge in [-0.3, -0.25) is 0 Å². The third kappa shape index (κ3) is 4.60. The monoisotopic (exact) mass is 140 g/mol.